The molecule has 1 fully saturated rings. The average molecular weight is 436 g/mol. The Hall–Kier alpha value is -2.48. The Bertz CT molecular complexity index is 921. The van der Waals surface area contributed by atoms with Gasteiger partial charge in [-0.2, -0.15) is 0 Å². The van der Waals surface area contributed by atoms with Gasteiger partial charge in [-0.25, -0.2) is 13.2 Å². The molecule has 4 nitrogen and oxygen atoms in total. The Labute approximate surface area is 177 Å². The van der Waals surface area contributed by atoms with Gasteiger partial charge in [0.05, 0.1) is 5.75 Å². The van der Waals surface area contributed by atoms with Crippen LogP contribution in [0.1, 0.15) is 36.8 Å². The summed E-state index contributed by atoms with van der Waals surface area (Å²) in [6, 6.07) is 8.19. The summed E-state index contributed by atoms with van der Waals surface area (Å²) in [4.78, 5) is 27.1. The van der Waals surface area contributed by atoms with Crippen molar-refractivity contribution in [2.75, 3.05) is 5.75 Å². The van der Waals surface area contributed by atoms with Crippen LogP contribution in [0.15, 0.2) is 42.5 Å². The second-order valence-corrected chi connectivity index (χ2v) is 8.69. The minimum atomic E-state index is -0.803. The molecule has 1 saturated heterocycles. The van der Waals surface area contributed by atoms with Crippen molar-refractivity contribution < 1.29 is 22.8 Å². The van der Waals surface area contributed by atoms with Gasteiger partial charge in [0.25, 0.3) is 0 Å². The normalized spacial score (nSPS) is 17.5. The largest absolute Gasteiger partial charge is 0.350 e. The van der Waals surface area contributed by atoms with Crippen molar-refractivity contribution in [3.05, 3.63) is 71.0 Å². The third-order valence-electron chi connectivity index (χ3n) is 4.85. The lowest BCUT2D eigenvalue weighted by Gasteiger charge is -2.33. The van der Waals surface area contributed by atoms with Crippen LogP contribution >= 0.6 is 11.8 Å². The Kier molecular flexibility index (Phi) is 7.07. The van der Waals surface area contributed by atoms with E-state index in [1.807, 2.05) is 13.8 Å². The van der Waals surface area contributed by atoms with Gasteiger partial charge in [-0.05, 0) is 36.1 Å². The molecule has 1 N–H and O–H groups in total. The zero-order chi connectivity index (χ0) is 21.8. The van der Waals surface area contributed by atoms with Gasteiger partial charge in [-0.15, -0.1) is 11.8 Å². The van der Waals surface area contributed by atoms with Gasteiger partial charge in [0.1, 0.15) is 28.9 Å². The molecule has 2 atom stereocenters. The first kappa shape index (κ1) is 22.2. The highest BCUT2D eigenvalue weighted by Crippen LogP contribution is 2.42. The summed E-state index contributed by atoms with van der Waals surface area (Å²) in [6.45, 7) is 4.04. The van der Waals surface area contributed by atoms with Crippen molar-refractivity contribution in [2.24, 2.45) is 5.92 Å². The van der Waals surface area contributed by atoms with Crippen LogP contribution in [0.5, 0.6) is 0 Å². The van der Waals surface area contributed by atoms with Crippen molar-refractivity contribution in [1.82, 2.24) is 10.2 Å². The van der Waals surface area contributed by atoms with Crippen LogP contribution in [0.4, 0.5) is 13.2 Å². The molecule has 0 saturated carbocycles. The van der Waals surface area contributed by atoms with Crippen molar-refractivity contribution in [3.63, 3.8) is 0 Å². The fourth-order valence-electron chi connectivity index (χ4n) is 3.42. The quantitative estimate of drug-likeness (QED) is 0.700. The van der Waals surface area contributed by atoms with Crippen LogP contribution in [0, 0.1) is 23.4 Å². The van der Waals surface area contributed by atoms with Crippen molar-refractivity contribution >= 4 is 23.6 Å². The molecule has 1 aliphatic heterocycles. The Morgan fingerprint density at radius 3 is 2.43 bits per heavy atom. The molecule has 0 aromatic heterocycles. The van der Waals surface area contributed by atoms with Crippen LogP contribution in [-0.4, -0.2) is 28.5 Å². The fourth-order valence-corrected chi connectivity index (χ4v) is 4.66. The maximum atomic E-state index is 14.4. The number of halogens is 3. The van der Waals surface area contributed by atoms with E-state index in [9.17, 15) is 22.8 Å². The smallest absolute Gasteiger partial charge is 0.243 e. The number of hydrogen-bond acceptors (Lipinski definition) is 3. The minimum Gasteiger partial charge on any atom is -0.350 e. The maximum Gasteiger partial charge on any atom is 0.243 e. The highest BCUT2D eigenvalue weighted by molar-refractivity contribution is 8.00. The van der Waals surface area contributed by atoms with Crippen molar-refractivity contribution in [3.8, 4) is 0 Å². The summed E-state index contributed by atoms with van der Waals surface area (Å²) < 4.78 is 40.8. The lowest BCUT2D eigenvalue weighted by Crippen LogP contribution is -2.49. The first-order valence-corrected chi connectivity index (χ1v) is 10.7. The van der Waals surface area contributed by atoms with Crippen LogP contribution in [0.2, 0.25) is 0 Å². The monoisotopic (exact) mass is 436 g/mol. The number of hydrogen-bond donors (Lipinski definition) is 1. The molecule has 0 unspecified atom stereocenters. The van der Waals surface area contributed by atoms with Crippen LogP contribution < -0.4 is 5.32 Å². The van der Waals surface area contributed by atoms with Gasteiger partial charge in [0, 0.05) is 18.2 Å². The SMILES string of the molecule is CC(C)C[C@H](C(=O)NCc1ccc(F)cc1)N1C(=O)CS[C@H]1c1ccc(F)cc1F. The summed E-state index contributed by atoms with van der Waals surface area (Å²) in [5.41, 5.74) is 0.892. The van der Waals surface area contributed by atoms with Crippen LogP contribution in [0.25, 0.3) is 0 Å². The van der Waals surface area contributed by atoms with Crippen molar-refractivity contribution in [2.45, 2.75) is 38.2 Å². The number of carbonyl (C=O) groups excluding carboxylic acids is 2. The van der Waals surface area contributed by atoms with E-state index in [0.717, 1.165) is 17.7 Å². The molecule has 0 aliphatic carbocycles. The highest BCUT2D eigenvalue weighted by Gasteiger charge is 2.42. The molecule has 1 aliphatic rings. The number of nitrogens with one attached hydrogen (secondary N) is 1. The molecule has 2 aromatic rings. The van der Waals surface area contributed by atoms with E-state index >= 15 is 0 Å². The molecule has 30 heavy (non-hydrogen) atoms. The zero-order valence-corrected chi connectivity index (χ0v) is 17.5. The summed E-state index contributed by atoms with van der Waals surface area (Å²) in [5, 5.41) is 2.09. The summed E-state index contributed by atoms with van der Waals surface area (Å²) in [5.74, 6) is -2.24. The van der Waals surface area contributed by atoms with Gasteiger partial charge in [-0.1, -0.05) is 32.0 Å². The molecule has 8 heteroatoms. The van der Waals surface area contributed by atoms with Crippen molar-refractivity contribution in [1.29, 1.82) is 0 Å². The van der Waals surface area contributed by atoms with E-state index < -0.39 is 23.1 Å². The Morgan fingerprint density at radius 2 is 1.80 bits per heavy atom. The topological polar surface area (TPSA) is 49.4 Å². The summed E-state index contributed by atoms with van der Waals surface area (Å²) in [7, 11) is 0. The average Bonchev–Trinajstić information content (AvgIpc) is 3.06. The first-order chi connectivity index (χ1) is 14.3. The molecule has 160 valence electrons. The van der Waals surface area contributed by atoms with Gasteiger partial charge < -0.3 is 10.2 Å². The molecule has 0 bridgehead atoms. The number of amides is 2. The fraction of sp³-hybridized carbons (Fsp3) is 0.364. The third kappa shape index (κ3) is 5.16. The van der Waals surface area contributed by atoms with Gasteiger partial charge >= 0.3 is 0 Å². The van der Waals surface area contributed by atoms with E-state index in [1.165, 1.54) is 34.9 Å². The second kappa shape index (κ2) is 9.55. The number of carbonyl (C=O) groups is 2. The van der Waals surface area contributed by atoms with Gasteiger partial charge in [0.2, 0.25) is 11.8 Å². The van der Waals surface area contributed by atoms with Crippen LogP contribution in [0.3, 0.4) is 0 Å². The lowest BCUT2D eigenvalue weighted by atomic mass is 10.00. The number of rotatable bonds is 7. The Balaban J connectivity index is 1.83. The predicted octanol–water partition coefficient (Wildman–Crippen LogP) is 4.41. The van der Waals surface area contributed by atoms with E-state index in [2.05, 4.69) is 5.32 Å². The molecular formula is C22H23F3N2O2S. The lowest BCUT2D eigenvalue weighted by molar-refractivity contribution is -0.139. The predicted molar refractivity (Wildman–Crippen MR) is 110 cm³/mol. The molecule has 1 heterocycles. The first-order valence-electron chi connectivity index (χ1n) is 9.66. The third-order valence-corrected chi connectivity index (χ3v) is 6.06. The standard InChI is InChI=1S/C22H23F3N2O2S/c1-13(2)9-19(21(29)26-11-14-3-5-15(23)6-4-14)27-20(28)12-30-22(27)17-8-7-16(24)10-18(17)25/h3-8,10,13,19,22H,9,11-12H2,1-2H3,(H,26,29)/t19-,22+/m1/s1. The summed E-state index contributed by atoms with van der Waals surface area (Å²) in [6.07, 6.45) is 0.390. The molecule has 0 radical (unpaired) electrons. The van der Waals surface area contributed by atoms with E-state index in [-0.39, 0.29) is 41.4 Å². The van der Waals surface area contributed by atoms with Crippen LogP contribution in [-0.2, 0) is 16.1 Å². The highest BCUT2D eigenvalue weighted by atomic mass is 32.2. The second-order valence-electron chi connectivity index (χ2n) is 7.62. The number of nitrogens with zero attached hydrogens (tertiary/aromatic N) is 1. The summed E-state index contributed by atoms with van der Waals surface area (Å²) >= 11 is 1.21. The number of thioether (sulfide) groups is 1. The van der Waals surface area contributed by atoms with Gasteiger partial charge in [-0.3, -0.25) is 9.59 Å². The minimum absolute atomic E-state index is 0.101. The zero-order valence-electron chi connectivity index (χ0n) is 16.7. The molecule has 0 spiro atoms. The van der Waals surface area contributed by atoms with E-state index in [4.69, 9.17) is 0 Å². The molecular weight excluding hydrogens is 413 g/mol. The Morgan fingerprint density at radius 1 is 1.13 bits per heavy atom. The maximum absolute atomic E-state index is 14.4. The van der Waals surface area contributed by atoms with E-state index in [0.29, 0.717) is 6.42 Å². The van der Waals surface area contributed by atoms with Gasteiger partial charge in [0.15, 0.2) is 0 Å². The number of benzene rings is 2. The molecule has 2 amide bonds. The molecule has 2 aromatic carbocycles. The van der Waals surface area contributed by atoms with E-state index in [1.54, 1.807) is 12.1 Å². The molecule has 3 rings (SSSR count).